The molecular formula is C16H25N3O. The predicted molar refractivity (Wildman–Crippen MR) is 83.9 cm³/mol. The molecule has 1 saturated carbocycles. The van der Waals surface area contributed by atoms with E-state index in [0.717, 1.165) is 31.9 Å². The van der Waals surface area contributed by atoms with Gasteiger partial charge in [-0.25, -0.2) is 0 Å². The number of guanidine groups is 1. The summed E-state index contributed by atoms with van der Waals surface area (Å²) in [6, 6.07) is 9.90. The Bertz CT molecular complexity index is 427. The molecular weight excluding hydrogens is 250 g/mol. The van der Waals surface area contributed by atoms with Gasteiger partial charge >= 0.3 is 0 Å². The van der Waals surface area contributed by atoms with Crippen molar-refractivity contribution >= 4 is 11.6 Å². The zero-order chi connectivity index (χ0) is 14.3. The number of rotatable bonds is 7. The highest BCUT2D eigenvalue weighted by Crippen LogP contribution is 2.44. The first kappa shape index (κ1) is 14.9. The largest absolute Gasteiger partial charge is 0.382 e. The molecule has 0 saturated heterocycles. The smallest absolute Gasteiger partial charge is 0.193 e. The minimum atomic E-state index is 0.318. The van der Waals surface area contributed by atoms with Crippen LogP contribution in [0.5, 0.6) is 0 Å². The standard InChI is InChI=1S/C16H25N3O/c1-2-20-12-11-16(9-6-10-16)13-18-15(17)19-14-7-4-3-5-8-14/h3-5,7-8H,2,6,9-13H2,1H3,(H3,17,18,19). The van der Waals surface area contributed by atoms with Crippen molar-refractivity contribution < 1.29 is 4.74 Å². The molecule has 0 aliphatic heterocycles. The van der Waals surface area contributed by atoms with Crippen molar-refractivity contribution in [2.45, 2.75) is 32.6 Å². The fourth-order valence-corrected chi connectivity index (χ4v) is 2.56. The lowest BCUT2D eigenvalue weighted by Crippen LogP contribution is -2.35. The normalized spacial score (nSPS) is 17.6. The molecule has 0 amide bonds. The summed E-state index contributed by atoms with van der Waals surface area (Å²) in [5, 5.41) is 3.13. The number of hydrogen-bond donors (Lipinski definition) is 2. The Hall–Kier alpha value is -1.55. The Morgan fingerprint density at radius 3 is 2.70 bits per heavy atom. The number of hydrogen-bond acceptors (Lipinski definition) is 2. The van der Waals surface area contributed by atoms with Crippen molar-refractivity contribution in [1.82, 2.24) is 0 Å². The van der Waals surface area contributed by atoms with E-state index < -0.39 is 0 Å². The van der Waals surface area contributed by atoms with E-state index in [9.17, 15) is 0 Å². The van der Waals surface area contributed by atoms with Crippen LogP contribution in [0.3, 0.4) is 0 Å². The SMILES string of the molecule is CCOCCC1(CN=C(N)Nc2ccccc2)CCC1. The van der Waals surface area contributed by atoms with Gasteiger partial charge in [0.1, 0.15) is 0 Å². The van der Waals surface area contributed by atoms with Crippen molar-refractivity contribution in [3.63, 3.8) is 0 Å². The molecule has 0 heterocycles. The molecule has 0 aromatic heterocycles. The highest BCUT2D eigenvalue weighted by molar-refractivity contribution is 5.92. The van der Waals surface area contributed by atoms with Crippen LogP contribution in [-0.4, -0.2) is 25.7 Å². The summed E-state index contributed by atoms with van der Waals surface area (Å²) in [7, 11) is 0. The van der Waals surface area contributed by atoms with Crippen LogP contribution in [-0.2, 0) is 4.74 Å². The third kappa shape index (κ3) is 4.23. The summed E-state index contributed by atoms with van der Waals surface area (Å²) in [6.07, 6.45) is 4.86. The molecule has 2 rings (SSSR count). The molecule has 0 spiro atoms. The topological polar surface area (TPSA) is 59.6 Å². The second-order valence-electron chi connectivity index (χ2n) is 5.49. The molecule has 110 valence electrons. The zero-order valence-corrected chi connectivity index (χ0v) is 12.3. The van der Waals surface area contributed by atoms with Gasteiger partial charge < -0.3 is 15.8 Å². The van der Waals surface area contributed by atoms with E-state index in [4.69, 9.17) is 10.5 Å². The van der Waals surface area contributed by atoms with Crippen molar-refractivity contribution in [2.75, 3.05) is 25.1 Å². The van der Waals surface area contributed by atoms with Crippen LogP contribution in [0.15, 0.2) is 35.3 Å². The van der Waals surface area contributed by atoms with Gasteiger partial charge in [-0.05, 0) is 43.7 Å². The summed E-state index contributed by atoms with van der Waals surface area (Å²) in [4.78, 5) is 4.52. The highest BCUT2D eigenvalue weighted by Gasteiger charge is 2.36. The molecule has 1 aliphatic rings. The van der Waals surface area contributed by atoms with Gasteiger partial charge in [-0.3, -0.25) is 4.99 Å². The van der Waals surface area contributed by atoms with Crippen LogP contribution < -0.4 is 11.1 Å². The first-order valence-electron chi connectivity index (χ1n) is 7.44. The van der Waals surface area contributed by atoms with E-state index in [0.29, 0.717) is 11.4 Å². The maximum atomic E-state index is 5.95. The molecule has 4 nitrogen and oxygen atoms in total. The lowest BCUT2D eigenvalue weighted by Gasteiger charge is -2.40. The maximum absolute atomic E-state index is 5.95. The van der Waals surface area contributed by atoms with E-state index in [2.05, 4.69) is 10.3 Å². The molecule has 4 heteroatoms. The fourth-order valence-electron chi connectivity index (χ4n) is 2.56. The lowest BCUT2D eigenvalue weighted by molar-refractivity contribution is 0.0610. The minimum Gasteiger partial charge on any atom is -0.382 e. The fraction of sp³-hybridized carbons (Fsp3) is 0.562. The molecule has 0 radical (unpaired) electrons. The Labute approximate surface area is 121 Å². The third-order valence-electron chi connectivity index (χ3n) is 4.03. The number of benzene rings is 1. The summed E-state index contributed by atoms with van der Waals surface area (Å²) < 4.78 is 5.47. The van der Waals surface area contributed by atoms with Crippen LogP contribution >= 0.6 is 0 Å². The van der Waals surface area contributed by atoms with Gasteiger partial charge in [-0.2, -0.15) is 0 Å². The summed E-state index contributed by atoms with van der Waals surface area (Å²) >= 11 is 0. The summed E-state index contributed by atoms with van der Waals surface area (Å²) in [6.45, 7) is 4.45. The molecule has 1 fully saturated rings. The van der Waals surface area contributed by atoms with Crippen LogP contribution in [0, 0.1) is 5.41 Å². The van der Waals surface area contributed by atoms with Crippen molar-refractivity contribution in [3.8, 4) is 0 Å². The van der Waals surface area contributed by atoms with E-state index in [1.165, 1.54) is 19.3 Å². The number of nitrogens with two attached hydrogens (primary N) is 1. The molecule has 0 atom stereocenters. The van der Waals surface area contributed by atoms with Crippen LogP contribution in [0.2, 0.25) is 0 Å². The molecule has 20 heavy (non-hydrogen) atoms. The van der Waals surface area contributed by atoms with E-state index in [1.54, 1.807) is 0 Å². The molecule has 1 aromatic carbocycles. The summed E-state index contributed by atoms with van der Waals surface area (Å²) in [5.41, 5.74) is 7.25. The molecule has 1 aliphatic carbocycles. The highest BCUT2D eigenvalue weighted by atomic mass is 16.5. The summed E-state index contributed by atoms with van der Waals surface area (Å²) in [5.74, 6) is 0.499. The number of anilines is 1. The van der Waals surface area contributed by atoms with Gasteiger partial charge in [-0.1, -0.05) is 24.6 Å². The van der Waals surface area contributed by atoms with Gasteiger partial charge in [0.05, 0.1) is 0 Å². The predicted octanol–water partition coefficient (Wildman–Crippen LogP) is 3.01. The van der Waals surface area contributed by atoms with Crippen molar-refractivity contribution in [3.05, 3.63) is 30.3 Å². The van der Waals surface area contributed by atoms with Crippen LogP contribution in [0.1, 0.15) is 32.6 Å². The van der Waals surface area contributed by atoms with Gasteiger partial charge in [-0.15, -0.1) is 0 Å². The second kappa shape index (κ2) is 7.29. The van der Waals surface area contributed by atoms with Crippen molar-refractivity contribution in [2.24, 2.45) is 16.1 Å². The van der Waals surface area contributed by atoms with E-state index in [1.807, 2.05) is 37.3 Å². The van der Waals surface area contributed by atoms with Crippen LogP contribution in [0.4, 0.5) is 5.69 Å². The number of para-hydroxylation sites is 1. The Kier molecular flexibility index (Phi) is 5.41. The maximum Gasteiger partial charge on any atom is 0.193 e. The Morgan fingerprint density at radius 2 is 2.10 bits per heavy atom. The molecule has 1 aromatic rings. The Morgan fingerprint density at radius 1 is 1.35 bits per heavy atom. The van der Waals surface area contributed by atoms with Gasteiger partial charge in [0.25, 0.3) is 0 Å². The lowest BCUT2D eigenvalue weighted by atomic mass is 9.67. The number of ether oxygens (including phenoxy) is 1. The zero-order valence-electron chi connectivity index (χ0n) is 12.3. The van der Waals surface area contributed by atoms with Crippen molar-refractivity contribution in [1.29, 1.82) is 0 Å². The number of nitrogens with one attached hydrogen (secondary N) is 1. The monoisotopic (exact) mass is 275 g/mol. The van der Waals surface area contributed by atoms with Crippen LogP contribution in [0.25, 0.3) is 0 Å². The number of aliphatic imine (C=N–C) groups is 1. The van der Waals surface area contributed by atoms with E-state index in [-0.39, 0.29) is 0 Å². The van der Waals surface area contributed by atoms with E-state index >= 15 is 0 Å². The minimum absolute atomic E-state index is 0.318. The Balaban J connectivity index is 1.83. The third-order valence-corrected chi connectivity index (χ3v) is 4.03. The average molecular weight is 275 g/mol. The number of nitrogens with zero attached hydrogens (tertiary/aromatic N) is 1. The van der Waals surface area contributed by atoms with Gasteiger partial charge in [0, 0.05) is 25.4 Å². The van der Waals surface area contributed by atoms with Gasteiger partial charge in [0.15, 0.2) is 5.96 Å². The first-order chi connectivity index (χ1) is 9.74. The quantitative estimate of drug-likeness (QED) is 0.457. The first-order valence-corrected chi connectivity index (χ1v) is 7.44. The average Bonchev–Trinajstić information content (AvgIpc) is 2.42. The molecule has 0 bridgehead atoms. The second-order valence-corrected chi connectivity index (χ2v) is 5.49. The van der Waals surface area contributed by atoms with Gasteiger partial charge in [0.2, 0.25) is 0 Å². The molecule has 0 unspecified atom stereocenters. The molecule has 3 N–H and O–H groups in total.